The number of hydrogen-bond donors (Lipinski definition) is 1. The summed E-state index contributed by atoms with van der Waals surface area (Å²) < 4.78 is 4.00. The highest BCUT2D eigenvalue weighted by Gasteiger charge is 2.41. The average Bonchev–Trinajstić information content (AvgIpc) is 3.63. The summed E-state index contributed by atoms with van der Waals surface area (Å²) in [4.78, 5) is 5.40. The molecule has 0 aromatic heterocycles. The van der Waals surface area contributed by atoms with E-state index in [0.29, 0.717) is 0 Å². The van der Waals surface area contributed by atoms with Crippen LogP contribution in [0.2, 0.25) is 0 Å². The van der Waals surface area contributed by atoms with Crippen LogP contribution in [0.4, 0.5) is 0 Å². The third-order valence-corrected chi connectivity index (χ3v) is 12.8. The number of benzene rings is 4. The van der Waals surface area contributed by atoms with Crippen molar-refractivity contribution in [3.8, 4) is 0 Å². The number of aryl methyl sites for hydroxylation is 2. The lowest BCUT2D eigenvalue weighted by atomic mass is 10.1. The third-order valence-electron chi connectivity index (χ3n) is 8.97. The Morgan fingerprint density at radius 2 is 1.20 bits per heavy atom. The maximum Gasteiger partial charge on any atom is 0.0546 e. The van der Waals surface area contributed by atoms with Gasteiger partial charge in [0.15, 0.2) is 0 Å². The van der Waals surface area contributed by atoms with Gasteiger partial charge in [-0.15, -0.1) is 10.2 Å². The van der Waals surface area contributed by atoms with Crippen LogP contribution in [0.1, 0.15) is 78.2 Å². The smallest absolute Gasteiger partial charge is 0.0546 e. The summed E-state index contributed by atoms with van der Waals surface area (Å²) in [6.45, 7) is 6.50. The molecule has 0 amide bonds. The van der Waals surface area contributed by atoms with E-state index in [0.717, 1.165) is 25.9 Å². The Balaban J connectivity index is 1.47. The van der Waals surface area contributed by atoms with Gasteiger partial charge in [-0.2, -0.15) is 0 Å². The van der Waals surface area contributed by atoms with E-state index in [2.05, 4.69) is 134 Å². The van der Waals surface area contributed by atoms with E-state index < -0.39 is 10.2 Å². The molecule has 0 fully saturated rings. The van der Waals surface area contributed by atoms with Gasteiger partial charge in [-0.1, -0.05) is 99.5 Å². The number of unbranched alkanes of at least 4 members (excludes halogenated alkanes) is 2. The first-order valence-electron chi connectivity index (χ1n) is 15.5. The van der Waals surface area contributed by atoms with Crippen molar-refractivity contribution in [2.75, 3.05) is 7.05 Å². The second-order valence-corrected chi connectivity index (χ2v) is 14.7. The van der Waals surface area contributed by atoms with Crippen LogP contribution in [0.5, 0.6) is 0 Å². The fourth-order valence-electron chi connectivity index (χ4n) is 6.67. The summed E-state index contributed by atoms with van der Waals surface area (Å²) in [5, 5.41) is 0.241. The van der Waals surface area contributed by atoms with Crippen molar-refractivity contribution in [1.29, 1.82) is 0 Å². The van der Waals surface area contributed by atoms with E-state index in [1.807, 2.05) is 0 Å². The molecule has 6 rings (SSSR count). The topological polar surface area (TPSA) is 15.3 Å². The van der Waals surface area contributed by atoms with Crippen molar-refractivity contribution in [2.45, 2.75) is 80.5 Å². The Bertz CT molecular complexity index is 1430. The first-order chi connectivity index (χ1) is 20.2. The van der Waals surface area contributed by atoms with Crippen LogP contribution >= 0.6 is 10.2 Å². The number of nitrogens with zero attached hydrogens (tertiary/aromatic N) is 1. The van der Waals surface area contributed by atoms with Gasteiger partial charge in [-0.05, 0) is 90.9 Å². The van der Waals surface area contributed by atoms with Gasteiger partial charge in [0, 0.05) is 34.1 Å². The molecule has 212 valence electrons. The van der Waals surface area contributed by atoms with E-state index in [1.54, 1.807) is 0 Å². The molecule has 2 aliphatic rings. The van der Waals surface area contributed by atoms with Crippen LogP contribution < -0.4 is 4.72 Å². The van der Waals surface area contributed by atoms with Gasteiger partial charge in [0.2, 0.25) is 0 Å². The van der Waals surface area contributed by atoms with Gasteiger partial charge in [-0.25, -0.2) is 0 Å². The summed E-state index contributed by atoms with van der Waals surface area (Å²) in [7, 11) is 0.545. The zero-order chi connectivity index (χ0) is 28.2. The molecule has 4 aromatic carbocycles. The van der Waals surface area contributed by atoms with Crippen LogP contribution in [-0.4, -0.2) is 11.9 Å². The highest BCUT2D eigenvalue weighted by molar-refractivity contribution is 8.32. The lowest BCUT2D eigenvalue weighted by molar-refractivity contribution is 0.423. The quantitative estimate of drug-likeness (QED) is 0.196. The Hall–Kier alpha value is -3.27. The molecule has 0 radical (unpaired) electrons. The maximum atomic E-state index is 4.00. The first-order valence-corrected chi connectivity index (χ1v) is 17.2. The molecule has 3 heteroatoms. The van der Waals surface area contributed by atoms with Crippen LogP contribution in [0.25, 0.3) is 5.70 Å². The molecule has 0 spiro atoms. The number of rotatable bonds is 11. The van der Waals surface area contributed by atoms with Crippen molar-refractivity contribution in [3.05, 3.63) is 137 Å². The lowest BCUT2D eigenvalue weighted by Gasteiger charge is -2.45. The second kappa shape index (κ2) is 12.3. The molecule has 41 heavy (non-hydrogen) atoms. The van der Waals surface area contributed by atoms with Gasteiger partial charge in [0.25, 0.3) is 0 Å². The van der Waals surface area contributed by atoms with Gasteiger partial charge in [-0.3, -0.25) is 4.72 Å². The van der Waals surface area contributed by atoms with Crippen molar-refractivity contribution < 1.29 is 0 Å². The fraction of sp³-hybridized carbons (Fsp3) is 0.316. The highest BCUT2D eigenvalue weighted by atomic mass is 32.3. The van der Waals surface area contributed by atoms with E-state index in [4.69, 9.17) is 0 Å². The summed E-state index contributed by atoms with van der Waals surface area (Å²) in [6.07, 6.45) is 9.83. The SMILES string of the molecule is CCCCc1ccc(S(NC)(c2ccc(CCCC)cc2)C2C=C(N3Cc4ccccc4C3)c3ccccc32)cc1. The molecule has 0 saturated carbocycles. The summed E-state index contributed by atoms with van der Waals surface area (Å²) in [6, 6.07) is 37.3. The molecule has 1 N–H and O–H groups in total. The molecule has 4 aromatic rings. The Kier molecular flexibility index (Phi) is 8.37. The van der Waals surface area contributed by atoms with Gasteiger partial charge >= 0.3 is 0 Å². The molecule has 0 saturated heterocycles. The summed E-state index contributed by atoms with van der Waals surface area (Å²) >= 11 is 0. The third kappa shape index (κ3) is 5.27. The van der Waals surface area contributed by atoms with E-state index in [-0.39, 0.29) is 5.25 Å². The zero-order valence-electron chi connectivity index (χ0n) is 24.9. The van der Waals surface area contributed by atoms with Crippen molar-refractivity contribution >= 4 is 15.9 Å². The predicted octanol–water partition coefficient (Wildman–Crippen LogP) is 9.84. The summed E-state index contributed by atoms with van der Waals surface area (Å²) in [5.41, 5.74) is 9.98. The van der Waals surface area contributed by atoms with Crippen molar-refractivity contribution in [3.63, 3.8) is 0 Å². The van der Waals surface area contributed by atoms with Crippen LogP contribution in [0, 0.1) is 0 Å². The number of hydrogen-bond acceptors (Lipinski definition) is 2. The molecule has 1 atom stereocenters. The molecule has 0 bridgehead atoms. The molecule has 2 nitrogen and oxygen atoms in total. The van der Waals surface area contributed by atoms with Gasteiger partial charge in [0.1, 0.15) is 0 Å². The van der Waals surface area contributed by atoms with Gasteiger partial charge < -0.3 is 4.90 Å². The molecular formula is C38H44N2S. The number of nitrogens with one attached hydrogen (secondary N) is 1. The van der Waals surface area contributed by atoms with E-state index in [9.17, 15) is 0 Å². The fourth-order valence-corrected chi connectivity index (χ4v) is 10.3. The molecular weight excluding hydrogens is 516 g/mol. The lowest BCUT2D eigenvalue weighted by Crippen LogP contribution is -2.23. The average molecular weight is 561 g/mol. The Morgan fingerprint density at radius 1 is 0.683 bits per heavy atom. The van der Waals surface area contributed by atoms with Gasteiger partial charge in [0.05, 0.1) is 5.25 Å². The number of fused-ring (bicyclic) bond motifs is 2. The highest BCUT2D eigenvalue weighted by Crippen LogP contribution is 2.71. The minimum absolute atomic E-state index is 0.241. The maximum absolute atomic E-state index is 4.00. The van der Waals surface area contributed by atoms with Crippen molar-refractivity contribution in [2.24, 2.45) is 0 Å². The molecule has 1 heterocycles. The van der Waals surface area contributed by atoms with Crippen molar-refractivity contribution in [1.82, 2.24) is 9.62 Å². The van der Waals surface area contributed by atoms with Crippen LogP contribution in [-0.2, 0) is 25.9 Å². The summed E-state index contributed by atoms with van der Waals surface area (Å²) in [5.74, 6) is 0. The minimum atomic E-state index is -1.64. The molecule has 1 aliphatic carbocycles. The van der Waals surface area contributed by atoms with E-state index >= 15 is 0 Å². The largest absolute Gasteiger partial charge is 0.363 e. The second-order valence-electron chi connectivity index (χ2n) is 11.5. The predicted molar refractivity (Wildman–Crippen MR) is 176 cm³/mol. The van der Waals surface area contributed by atoms with E-state index in [1.165, 1.54) is 74.6 Å². The Morgan fingerprint density at radius 3 is 1.71 bits per heavy atom. The van der Waals surface area contributed by atoms with Crippen LogP contribution in [0.15, 0.2) is 113 Å². The molecule has 1 aliphatic heterocycles. The van der Waals surface area contributed by atoms with Crippen LogP contribution in [0.3, 0.4) is 0 Å². The molecule has 1 unspecified atom stereocenters. The first kappa shape index (κ1) is 27.9. The standard InChI is InChI=1S/C38H44N2S/c1-4-6-12-29-18-22-33(23-19-29)41(39-3,34-24-20-30(21-25-34)13-7-5-2)38-26-37(35-16-10-11-17-36(35)38)40-27-31-14-8-9-15-32(31)28-40/h8-11,14-26,38-39H,4-7,12-13,27-28H2,1-3H3. The minimum Gasteiger partial charge on any atom is -0.363 e. The normalized spacial score (nSPS) is 16.4. The zero-order valence-corrected chi connectivity index (χ0v) is 25.7. The monoisotopic (exact) mass is 560 g/mol. The Labute approximate surface area is 249 Å².